The maximum Gasteiger partial charge on any atom is 0.307 e. The Labute approximate surface area is 199 Å². The number of hydrogen-bond acceptors (Lipinski definition) is 4. The molecule has 0 radical (unpaired) electrons. The third-order valence-corrected chi connectivity index (χ3v) is 9.22. The number of carbonyl (C=O) groups is 1. The van der Waals surface area contributed by atoms with Crippen molar-refractivity contribution in [3.63, 3.8) is 0 Å². The first-order chi connectivity index (χ1) is 15.6. The highest BCUT2D eigenvalue weighted by molar-refractivity contribution is 7.28. The van der Waals surface area contributed by atoms with Crippen LogP contribution in [0.5, 0.6) is 0 Å². The molecular weight excluding hydrogens is 452 g/mol. The van der Waals surface area contributed by atoms with Crippen LogP contribution in [-0.4, -0.2) is 11.1 Å². The number of thiophene rings is 3. The smallest absolute Gasteiger partial charge is 0.307 e. The molecule has 5 rings (SSSR count). The Balaban J connectivity index is 1.50. The Morgan fingerprint density at radius 2 is 1.22 bits per heavy atom. The summed E-state index contributed by atoms with van der Waals surface area (Å²) in [5.74, 6) is -0.805. The monoisotopic (exact) mass is 472 g/mol. The van der Waals surface area contributed by atoms with Crippen molar-refractivity contribution in [3.05, 3.63) is 96.1 Å². The van der Waals surface area contributed by atoms with Gasteiger partial charge in [0.1, 0.15) is 0 Å². The molecule has 0 bridgehead atoms. The van der Waals surface area contributed by atoms with E-state index in [2.05, 4.69) is 49.4 Å². The Kier molecular flexibility index (Phi) is 5.79. The van der Waals surface area contributed by atoms with Gasteiger partial charge in [-0.1, -0.05) is 60.7 Å². The van der Waals surface area contributed by atoms with E-state index in [1.54, 1.807) is 22.7 Å². The minimum absolute atomic E-state index is 0.0313. The molecule has 0 unspecified atom stereocenters. The van der Waals surface area contributed by atoms with E-state index in [0.29, 0.717) is 0 Å². The van der Waals surface area contributed by atoms with Crippen LogP contribution in [0, 0.1) is 6.92 Å². The van der Waals surface area contributed by atoms with Crippen LogP contribution in [0.4, 0.5) is 0 Å². The first-order valence-electron chi connectivity index (χ1n) is 10.2. The number of carboxylic acid groups (broad SMARTS) is 1. The quantitative estimate of drug-likeness (QED) is 0.269. The third kappa shape index (κ3) is 4.19. The molecule has 0 fully saturated rings. The van der Waals surface area contributed by atoms with Crippen molar-refractivity contribution in [2.75, 3.05) is 0 Å². The standard InChI is InChI=1S/C27H20O2S3/c1-17-14-23(31-26(17)18-8-4-2-5-9-18)21-12-13-22(30-21)24-15-20(16-25(28)29)27(32-24)19-10-6-3-7-11-19/h2-15H,16H2,1H3,(H,28,29). The van der Waals surface area contributed by atoms with E-state index < -0.39 is 5.97 Å². The highest BCUT2D eigenvalue weighted by Crippen LogP contribution is 2.45. The van der Waals surface area contributed by atoms with Gasteiger partial charge in [-0.2, -0.15) is 0 Å². The highest BCUT2D eigenvalue weighted by atomic mass is 32.1. The lowest BCUT2D eigenvalue weighted by molar-refractivity contribution is -0.136. The summed E-state index contributed by atoms with van der Waals surface area (Å²) in [5.41, 5.74) is 4.48. The van der Waals surface area contributed by atoms with Gasteiger partial charge in [-0.3, -0.25) is 4.79 Å². The van der Waals surface area contributed by atoms with E-state index in [4.69, 9.17) is 0 Å². The molecule has 0 amide bonds. The molecule has 5 heteroatoms. The number of benzene rings is 2. The second-order valence-electron chi connectivity index (χ2n) is 7.55. The van der Waals surface area contributed by atoms with E-state index in [1.807, 2.05) is 53.8 Å². The second kappa shape index (κ2) is 8.87. The first kappa shape index (κ1) is 20.9. The molecule has 0 saturated heterocycles. The van der Waals surface area contributed by atoms with Gasteiger partial charge in [-0.05, 0) is 53.4 Å². The fraction of sp³-hybridized carbons (Fsp3) is 0.0741. The zero-order valence-electron chi connectivity index (χ0n) is 17.4. The molecule has 2 nitrogen and oxygen atoms in total. The van der Waals surface area contributed by atoms with Gasteiger partial charge in [0.05, 0.1) is 6.42 Å². The number of hydrogen-bond donors (Lipinski definition) is 1. The minimum atomic E-state index is -0.805. The van der Waals surface area contributed by atoms with Crippen molar-refractivity contribution in [2.24, 2.45) is 0 Å². The largest absolute Gasteiger partial charge is 0.481 e. The van der Waals surface area contributed by atoms with Crippen LogP contribution in [-0.2, 0) is 11.2 Å². The molecule has 0 aliphatic carbocycles. The number of aliphatic carboxylic acids is 1. The zero-order chi connectivity index (χ0) is 22.1. The molecular formula is C27H20O2S3. The van der Waals surface area contributed by atoms with Crippen LogP contribution in [0.15, 0.2) is 84.9 Å². The maximum atomic E-state index is 11.4. The molecule has 3 heterocycles. The summed E-state index contributed by atoms with van der Waals surface area (Å²) < 4.78 is 0. The molecule has 5 aromatic rings. The lowest BCUT2D eigenvalue weighted by Gasteiger charge is -2.00. The molecule has 0 aliphatic rings. The maximum absolute atomic E-state index is 11.4. The van der Waals surface area contributed by atoms with Crippen LogP contribution in [0.2, 0.25) is 0 Å². The molecule has 0 saturated carbocycles. The summed E-state index contributed by atoms with van der Waals surface area (Å²) in [7, 11) is 0. The molecule has 0 spiro atoms. The summed E-state index contributed by atoms with van der Waals surface area (Å²) in [6, 6.07) is 29.2. The third-order valence-electron chi connectivity index (χ3n) is 5.23. The van der Waals surface area contributed by atoms with Crippen LogP contribution >= 0.6 is 34.0 Å². The van der Waals surface area contributed by atoms with Gasteiger partial charge in [0.15, 0.2) is 0 Å². The minimum Gasteiger partial charge on any atom is -0.481 e. The summed E-state index contributed by atoms with van der Waals surface area (Å²) in [6.07, 6.45) is 0.0313. The van der Waals surface area contributed by atoms with Crippen molar-refractivity contribution in [2.45, 2.75) is 13.3 Å². The summed E-state index contributed by atoms with van der Waals surface area (Å²) in [4.78, 5) is 18.6. The van der Waals surface area contributed by atoms with Gasteiger partial charge >= 0.3 is 5.97 Å². The second-order valence-corrected chi connectivity index (χ2v) is 10.7. The number of carboxylic acids is 1. The zero-order valence-corrected chi connectivity index (χ0v) is 19.8. The number of aryl methyl sites for hydroxylation is 1. The van der Waals surface area contributed by atoms with Gasteiger partial charge in [-0.15, -0.1) is 34.0 Å². The number of rotatable bonds is 6. The average Bonchev–Trinajstić information content (AvgIpc) is 3.53. The van der Waals surface area contributed by atoms with E-state index in [1.165, 1.54) is 30.6 Å². The first-order valence-corrected chi connectivity index (χ1v) is 12.7. The topological polar surface area (TPSA) is 37.3 Å². The Morgan fingerprint density at radius 1 is 0.688 bits per heavy atom. The van der Waals surface area contributed by atoms with E-state index in [9.17, 15) is 9.90 Å². The van der Waals surface area contributed by atoms with E-state index >= 15 is 0 Å². The van der Waals surface area contributed by atoms with Crippen molar-refractivity contribution in [1.82, 2.24) is 0 Å². The highest BCUT2D eigenvalue weighted by Gasteiger charge is 2.17. The van der Waals surface area contributed by atoms with Gasteiger partial charge in [0.25, 0.3) is 0 Å². The van der Waals surface area contributed by atoms with Crippen molar-refractivity contribution in [3.8, 4) is 40.4 Å². The van der Waals surface area contributed by atoms with Crippen LogP contribution in [0.1, 0.15) is 11.1 Å². The predicted molar refractivity (Wildman–Crippen MR) is 138 cm³/mol. The van der Waals surface area contributed by atoms with E-state index in [0.717, 1.165) is 20.9 Å². The average molecular weight is 473 g/mol. The van der Waals surface area contributed by atoms with Gasteiger partial charge in [0.2, 0.25) is 0 Å². The molecule has 3 aromatic heterocycles. The van der Waals surface area contributed by atoms with Crippen molar-refractivity contribution >= 4 is 40.0 Å². The van der Waals surface area contributed by atoms with Crippen LogP contribution in [0.3, 0.4) is 0 Å². The normalized spacial score (nSPS) is 11.0. The van der Waals surface area contributed by atoms with E-state index in [-0.39, 0.29) is 6.42 Å². The van der Waals surface area contributed by atoms with Crippen LogP contribution in [0.25, 0.3) is 40.4 Å². The Bertz CT molecular complexity index is 1380. The molecule has 1 N–H and O–H groups in total. The van der Waals surface area contributed by atoms with Crippen molar-refractivity contribution < 1.29 is 9.90 Å². The lowest BCUT2D eigenvalue weighted by atomic mass is 10.1. The van der Waals surface area contributed by atoms with Gasteiger partial charge < -0.3 is 5.11 Å². The Hall–Kier alpha value is -2.99. The van der Waals surface area contributed by atoms with Gasteiger partial charge in [0, 0.05) is 29.3 Å². The summed E-state index contributed by atoms with van der Waals surface area (Å²) in [6.45, 7) is 2.17. The Morgan fingerprint density at radius 3 is 1.81 bits per heavy atom. The lowest BCUT2D eigenvalue weighted by Crippen LogP contribution is -1.99. The SMILES string of the molecule is Cc1cc(-c2ccc(-c3cc(CC(=O)O)c(-c4ccccc4)s3)s2)sc1-c1ccccc1. The predicted octanol–water partition coefficient (Wildman–Crippen LogP) is 8.47. The molecule has 2 aromatic carbocycles. The molecule has 158 valence electrons. The molecule has 0 aliphatic heterocycles. The molecule has 32 heavy (non-hydrogen) atoms. The van der Waals surface area contributed by atoms with Gasteiger partial charge in [-0.25, -0.2) is 0 Å². The van der Waals surface area contributed by atoms with Crippen molar-refractivity contribution in [1.29, 1.82) is 0 Å². The fourth-order valence-electron chi connectivity index (χ4n) is 3.76. The fourth-order valence-corrected chi connectivity index (χ4v) is 7.29. The summed E-state index contributed by atoms with van der Waals surface area (Å²) in [5, 5.41) is 9.40. The molecule has 0 atom stereocenters. The summed E-state index contributed by atoms with van der Waals surface area (Å²) >= 11 is 5.26. The van der Waals surface area contributed by atoms with Crippen LogP contribution < -0.4 is 0 Å².